The van der Waals surface area contributed by atoms with E-state index < -0.39 is 17.7 Å². The van der Waals surface area contributed by atoms with E-state index in [0.29, 0.717) is 5.69 Å². The Morgan fingerprint density at radius 1 is 1.38 bits per heavy atom. The van der Waals surface area contributed by atoms with Crippen LogP contribution in [-0.2, 0) is 11.3 Å². The Hall–Kier alpha value is -2.67. The summed E-state index contributed by atoms with van der Waals surface area (Å²) in [5.41, 5.74) is 0.238. The lowest BCUT2D eigenvalue weighted by molar-refractivity contribution is -0.114. The van der Waals surface area contributed by atoms with Crippen molar-refractivity contribution in [3.63, 3.8) is 0 Å². The van der Waals surface area contributed by atoms with E-state index in [1.54, 1.807) is 12.1 Å². The average Bonchev–Trinajstić information content (AvgIpc) is 3.00. The van der Waals surface area contributed by atoms with Gasteiger partial charge >= 0.3 is 5.97 Å². The van der Waals surface area contributed by atoms with Gasteiger partial charge in [-0.25, -0.2) is 4.79 Å². The minimum Gasteiger partial charge on any atom is -0.476 e. The fourth-order valence-electron chi connectivity index (χ4n) is 2.10. The maximum atomic E-state index is 12.0. The number of carboxylic acid groups (broad SMARTS) is 1. The number of hydrogen-bond acceptors (Lipinski definition) is 5. The number of aromatic nitrogens is 1. The first-order valence-electron chi connectivity index (χ1n) is 5.82. The van der Waals surface area contributed by atoms with E-state index >= 15 is 0 Å². The number of carbonyl (C=O) groups is 3. The Bertz CT molecular complexity index is 783. The fraction of sp³-hybridized carbons (Fsp3) is 0.0769. The molecule has 21 heavy (non-hydrogen) atoms. The number of benzene rings is 1. The third-order valence-corrected chi connectivity index (χ3v) is 3.36. The van der Waals surface area contributed by atoms with Crippen molar-refractivity contribution in [2.24, 2.45) is 0 Å². The molecule has 1 N–H and O–H groups in total. The molecule has 0 bridgehead atoms. The molecule has 2 aromatic rings. The highest BCUT2D eigenvalue weighted by Crippen LogP contribution is 2.34. The van der Waals surface area contributed by atoms with E-state index in [1.807, 2.05) is 0 Å². The molecule has 0 atom stereocenters. The van der Waals surface area contributed by atoms with E-state index in [4.69, 9.17) is 21.2 Å². The first-order chi connectivity index (χ1) is 9.99. The number of rotatable bonds is 3. The Kier molecular flexibility index (Phi) is 2.99. The van der Waals surface area contributed by atoms with Gasteiger partial charge in [0.15, 0.2) is 11.5 Å². The van der Waals surface area contributed by atoms with Crippen LogP contribution in [0.15, 0.2) is 28.8 Å². The van der Waals surface area contributed by atoms with Crippen molar-refractivity contribution in [1.29, 1.82) is 0 Å². The summed E-state index contributed by atoms with van der Waals surface area (Å²) in [4.78, 5) is 35.8. The van der Waals surface area contributed by atoms with E-state index in [1.165, 1.54) is 17.0 Å². The molecule has 0 spiro atoms. The van der Waals surface area contributed by atoms with Crippen LogP contribution in [0.4, 0.5) is 5.69 Å². The largest absolute Gasteiger partial charge is 0.476 e. The highest BCUT2D eigenvalue weighted by Gasteiger charge is 2.38. The van der Waals surface area contributed by atoms with E-state index in [9.17, 15) is 14.4 Å². The Labute approximate surface area is 122 Å². The number of carbonyl (C=O) groups excluding carboxylic acids is 2. The molecular formula is C13H7ClN2O5. The van der Waals surface area contributed by atoms with Gasteiger partial charge in [-0.3, -0.25) is 14.5 Å². The van der Waals surface area contributed by atoms with Crippen LogP contribution in [0.5, 0.6) is 0 Å². The topological polar surface area (TPSA) is 101 Å². The summed E-state index contributed by atoms with van der Waals surface area (Å²) in [5, 5.41) is 12.3. The molecule has 0 aliphatic carbocycles. The van der Waals surface area contributed by atoms with Gasteiger partial charge in [0.2, 0.25) is 0 Å². The molecular weight excluding hydrogens is 300 g/mol. The standard InChI is InChI=1S/C13H7ClN2O5/c14-7-2-1-3-9-10(7)11(17)12(18)16(9)5-6-4-8(13(19)20)15-21-6/h1-4H,5H2,(H,19,20). The van der Waals surface area contributed by atoms with Crippen LogP contribution < -0.4 is 4.90 Å². The van der Waals surface area contributed by atoms with Gasteiger partial charge in [-0.2, -0.15) is 0 Å². The summed E-state index contributed by atoms with van der Waals surface area (Å²) in [5.74, 6) is -2.53. The van der Waals surface area contributed by atoms with E-state index in [2.05, 4.69) is 5.16 Å². The smallest absolute Gasteiger partial charge is 0.358 e. The summed E-state index contributed by atoms with van der Waals surface area (Å²) in [6, 6.07) is 5.91. The molecule has 0 radical (unpaired) electrons. The van der Waals surface area contributed by atoms with Gasteiger partial charge in [-0.05, 0) is 12.1 Å². The lowest BCUT2D eigenvalue weighted by Crippen LogP contribution is -2.28. The Morgan fingerprint density at radius 3 is 2.81 bits per heavy atom. The van der Waals surface area contributed by atoms with Gasteiger partial charge in [-0.1, -0.05) is 22.8 Å². The van der Waals surface area contributed by atoms with Crippen molar-refractivity contribution in [3.05, 3.63) is 46.3 Å². The van der Waals surface area contributed by atoms with Crippen LogP contribution in [0.25, 0.3) is 0 Å². The van der Waals surface area contributed by atoms with Crippen LogP contribution in [0, 0.1) is 0 Å². The van der Waals surface area contributed by atoms with Crippen molar-refractivity contribution < 1.29 is 24.0 Å². The molecule has 1 aliphatic rings. The number of amides is 1. The number of anilines is 1. The second kappa shape index (κ2) is 4.71. The number of Topliss-reactive ketones (excluding diaryl/α,β-unsaturated/α-hetero) is 1. The molecule has 0 unspecified atom stereocenters. The molecule has 1 amide bonds. The number of ketones is 1. The van der Waals surface area contributed by atoms with Crippen LogP contribution >= 0.6 is 11.6 Å². The summed E-state index contributed by atoms with van der Waals surface area (Å²) >= 11 is 5.93. The molecule has 1 aliphatic heterocycles. The normalized spacial score (nSPS) is 13.7. The first kappa shape index (κ1) is 13.3. The molecule has 106 valence electrons. The fourth-order valence-corrected chi connectivity index (χ4v) is 2.36. The van der Waals surface area contributed by atoms with E-state index in [-0.39, 0.29) is 28.6 Å². The molecule has 0 fully saturated rings. The van der Waals surface area contributed by atoms with Crippen molar-refractivity contribution >= 4 is 34.9 Å². The number of carboxylic acids is 1. The van der Waals surface area contributed by atoms with Crippen molar-refractivity contribution in [2.45, 2.75) is 6.54 Å². The molecule has 2 heterocycles. The summed E-state index contributed by atoms with van der Waals surface area (Å²) in [7, 11) is 0. The van der Waals surface area contributed by atoms with Gasteiger partial charge < -0.3 is 9.63 Å². The molecule has 3 rings (SSSR count). The highest BCUT2D eigenvalue weighted by molar-refractivity contribution is 6.55. The number of aromatic carboxylic acids is 1. The number of hydrogen-bond donors (Lipinski definition) is 1. The predicted octanol–water partition coefficient (Wildman–Crippen LogP) is 1.76. The van der Waals surface area contributed by atoms with Crippen LogP contribution in [0.3, 0.4) is 0 Å². The zero-order valence-electron chi connectivity index (χ0n) is 10.4. The minimum absolute atomic E-state index is 0.0990. The van der Waals surface area contributed by atoms with Gasteiger partial charge in [0.1, 0.15) is 0 Å². The lowest BCUT2D eigenvalue weighted by atomic mass is 10.1. The maximum Gasteiger partial charge on any atom is 0.358 e. The number of fused-ring (bicyclic) bond motifs is 1. The Balaban J connectivity index is 1.96. The van der Waals surface area contributed by atoms with Crippen molar-refractivity contribution in [2.75, 3.05) is 4.90 Å². The average molecular weight is 307 g/mol. The molecule has 0 saturated heterocycles. The number of nitrogens with zero attached hydrogens (tertiary/aromatic N) is 2. The molecule has 8 heteroatoms. The van der Waals surface area contributed by atoms with Gasteiger partial charge in [-0.15, -0.1) is 0 Å². The van der Waals surface area contributed by atoms with Crippen molar-refractivity contribution in [1.82, 2.24) is 5.16 Å². The van der Waals surface area contributed by atoms with E-state index in [0.717, 1.165) is 0 Å². The lowest BCUT2D eigenvalue weighted by Gasteiger charge is -2.14. The molecule has 1 aromatic carbocycles. The van der Waals surface area contributed by atoms with Crippen molar-refractivity contribution in [3.8, 4) is 0 Å². The quantitative estimate of drug-likeness (QED) is 0.867. The molecule has 1 aromatic heterocycles. The van der Waals surface area contributed by atoms with Crippen LogP contribution in [-0.4, -0.2) is 27.9 Å². The van der Waals surface area contributed by atoms with Gasteiger partial charge in [0.05, 0.1) is 22.8 Å². The second-order valence-electron chi connectivity index (χ2n) is 4.34. The maximum absolute atomic E-state index is 12.0. The van der Waals surface area contributed by atoms with Crippen LogP contribution in [0.2, 0.25) is 5.02 Å². The van der Waals surface area contributed by atoms with Gasteiger partial charge in [0, 0.05) is 6.07 Å². The summed E-state index contributed by atoms with van der Waals surface area (Å²) in [6.07, 6.45) is 0. The van der Waals surface area contributed by atoms with Gasteiger partial charge in [0.25, 0.3) is 11.7 Å². The minimum atomic E-state index is -1.24. The predicted molar refractivity (Wildman–Crippen MR) is 70.4 cm³/mol. The zero-order chi connectivity index (χ0) is 15.1. The Morgan fingerprint density at radius 2 is 2.14 bits per heavy atom. The SMILES string of the molecule is O=C(O)c1cc(CN2C(=O)C(=O)c3c(Cl)cccc32)on1. The highest BCUT2D eigenvalue weighted by atomic mass is 35.5. The monoisotopic (exact) mass is 306 g/mol. The molecule has 7 nitrogen and oxygen atoms in total. The van der Waals surface area contributed by atoms with Crippen LogP contribution in [0.1, 0.15) is 26.6 Å². The second-order valence-corrected chi connectivity index (χ2v) is 4.75. The zero-order valence-corrected chi connectivity index (χ0v) is 11.1. The molecule has 0 saturated carbocycles. The third-order valence-electron chi connectivity index (χ3n) is 3.04. The summed E-state index contributed by atoms with van der Waals surface area (Å²) in [6.45, 7) is -0.0990. The summed E-state index contributed by atoms with van der Waals surface area (Å²) < 4.78 is 4.85. The number of halogens is 1. The third kappa shape index (κ3) is 2.07. The first-order valence-corrected chi connectivity index (χ1v) is 6.20.